The van der Waals surface area contributed by atoms with Crippen LogP contribution in [0.15, 0.2) is 0 Å². The standard InChI is InChI=1S/C15H29BrO3/c1-5-14(4,8-11-17)18-12-9-15(6-2,7-3)19-13-10-16/h11H,5-10,12-13H2,1-4H3. The van der Waals surface area contributed by atoms with E-state index in [1.807, 2.05) is 6.92 Å². The number of carbonyl (C=O) groups is 1. The lowest BCUT2D eigenvalue weighted by Gasteiger charge is -2.34. The van der Waals surface area contributed by atoms with E-state index in [1.54, 1.807) is 0 Å². The van der Waals surface area contributed by atoms with Crippen LogP contribution < -0.4 is 0 Å². The largest absolute Gasteiger partial charge is 0.375 e. The molecule has 0 aliphatic carbocycles. The second-order valence-electron chi connectivity index (χ2n) is 5.20. The van der Waals surface area contributed by atoms with Gasteiger partial charge >= 0.3 is 0 Å². The Labute approximate surface area is 126 Å². The maximum Gasteiger partial charge on any atom is 0.122 e. The molecule has 0 aliphatic heterocycles. The van der Waals surface area contributed by atoms with Crippen LogP contribution in [0.2, 0.25) is 0 Å². The van der Waals surface area contributed by atoms with Crippen LogP contribution in [0.3, 0.4) is 0 Å². The van der Waals surface area contributed by atoms with Crippen LogP contribution in [-0.2, 0) is 14.3 Å². The second kappa shape index (κ2) is 9.89. The number of aldehydes is 1. The molecular formula is C15H29BrO3. The van der Waals surface area contributed by atoms with Crippen molar-refractivity contribution in [1.82, 2.24) is 0 Å². The summed E-state index contributed by atoms with van der Waals surface area (Å²) in [6.07, 6.45) is 5.09. The first-order valence-corrected chi connectivity index (χ1v) is 8.41. The molecule has 0 bridgehead atoms. The molecule has 0 amide bonds. The van der Waals surface area contributed by atoms with E-state index in [-0.39, 0.29) is 11.2 Å². The third-order valence-corrected chi connectivity index (χ3v) is 4.37. The molecule has 0 saturated carbocycles. The van der Waals surface area contributed by atoms with Crippen molar-refractivity contribution in [3.05, 3.63) is 0 Å². The van der Waals surface area contributed by atoms with Crippen LogP contribution in [0.25, 0.3) is 0 Å². The summed E-state index contributed by atoms with van der Waals surface area (Å²) in [5, 5.41) is 0.855. The van der Waals surface area contributed by atoms with E-state index in [0.29, 0.717) is 13.0 Å². The van der Waals surface area contributed by atoms with E-state index < -0.39 is 0 Å². The average molecular weight is 337 g/mol. The smallest absolute Gasteiger partial charge is 0.122 e. The molecule has 0 aliphatic rings. The summed E-state index contributed by atoms with van der Waals surface area (Å²) in [4.78, 5) is 10.7. The van der Waals surface area contributed by atoms with Crippen molar-refractivity contribution < 1.29 is 14.3 Å². The minimum Gasteiger partial charge on any atom is -0.375 e. The van der Waals surface area contributed by atoms with Crippen LogP contribution in [0.1, 0.15) is 59.8 Å². The molecule has 0 aromatic rings. The molecule has 0 heterocycles. The highest BCUT2D eigenvalue weighted by molar-refractivity contribution is 9.09. The molecule has 0 fully saturated rings. The SMILES string of the molecule is CCC(C)(CC=O)OCCC(CC)(CC)OCCBr. The molecule has 1 atom stereocenters. The Morgan fingerprint density at radius 3 is 2.11 bits per heavy atom. The Kier molecular flexibility index (Phi) is 9.93. The molecule has 0 aromatic carbocycles. The maximum absolute atomic E-state index is 10.7. The Balaban J connectivity index is 4.35. The third kappa shape index (κ3) is 6.87. The van der Waals surface area contributed by atoms with Crippen LogP contribution in [0, 0.1) is 0 Å². The van der Waals surface area contributed by atoms with E-state index in [0.717, 1.165) is 43.9 Å². The van der Waals surface area contributed by atoms with E-state index in [2.05, 4.69) is 36.7 Å². The fourth-order valence-electron chi connectivity index (χ4n) is 2.10. The lowest BCUT2D eigenvalue weighted by molar-refractivity contribution is -0.119. The van der Waals surface area contributed by atoms with Crippen molar-refractivity contribution in [3.8, 4) is 0 Å². The first-order valence-electron chi connectivity index (χ1n) is 7.29. The number of carbonyl (C=O) groups excluding carboxylic acids is 1. The normalized spacial score (nSPS) is 15.2. The molecule has 0 radical (unpaired) electrons. The van der Waals surface area contributed by atoms with Gasteiger partial charge in [0.15, 0.2) is 0 Å². The molecule has 0 N–H and O–H groups in total. The number of halogens is 1. The Morgan fingerprint density at radius 2 is 1.68 bits per heavy atom. The Morgan fingerprint density at radius 1 is 1.05 bits per heavy atom. The van der Waals surface area contributed by atoms with Gasteiger partial charge in [0, 0.05) is 11.8 Å². The van der Waals surface area contributed by atoms with Gasteiger partial charge in [-0.05, 0) is 32.6 Å². The predicted octanol–water partition coefficient (Wildman–Crippen LogP) is 4.12. The zero-order valence-electron chi connectivity index (χ0n) is 12.8. The van der Waals surface area contributed by atoms with Crippen LogP contribution in [0.5, 0.6) is 0 Å². The highest BCUT2D eigenvalue weighted by Crippen LogP contribution is 2.27. The van der Waals surface area contributed by atoms with Gasteiger partial charge in [-0.2, -0.15) is 0 Å². The van der Waals surface area contributed by atoms with E-state index >= 15 is 0 Å². The summed E-state index contributed by atoms with van der Waals surface area (Å²) >= 11 is 3.40. The van der Waals surface area contributed by atoms with Crippen molar-refractivity contribution in [2.45, 2.75) is 71.0 Å². The lowest BCUT2D eigenvalue weighted by atomic mass is 9.93. The van der Waals surface area contributed by atoms with E-state index in [1.165, 1.54) is 0 Å². The highest BCUT2D eigenvalue weighted by atomic mass is 79.9. The van der Waals surface area contributed by atoms with Crippen molar-refractivity contribution in [2.24, 2.45) is 0 Å². The van der Waals surface area contributed by atoms with Gasteiger partial charge in [0.05, 0.1) is 24.4 Å². The first-order chi connectivity index (χ1) is 9.01. The molecule has 0 aromatic heterocycles. The summed E-state index contributed by atoms with van der Waals surface area (Å²) in [7, 11) is 0. The number of hydrogen-bond acceptors (Lipinski definition) is 3. The third-order valence-electron chi connectivity index (χ3n) is 4.05. The van der Waals surface area contributed by atoms with Gasteiger partial charge in [-0.15, -0.1) is 0 Å². The van der Waals surface area contributed by atoms with E-state index in [9.17, 15) is 4.79 Å². The molecule has 4 heteroatoms. The van der Waals surface area contributed by atoms with Crippen molar-refractivity contribution in [3.63, 3.8) is 0 Å². The Hall–Kier alpha value is 0.0700. The van der Waals surface area contributed by atoms with Gasteiger partial charge in [-0.25, -0.2) is 0 Å². The fourth-order valence-corrected chi connectivity index (χ4v) is 2.26. The number of alkyl halides is 1. The lowest BCUT2D eigenvalue weighted by Crippen LogP contribution is -2.36. The first kappa shape index (κ1) is 19.1. The van der Waals surface area contributed by atoms with E-state index in [4.69, 9.17) is 9.47 Å². The minimum absolute atomic E-state index is 0.0937. The molecule has 0 saturated heterocycles. The summed E-state index contributed by atoms with van der Waals surface area (Å²) in [6, 6.07) is 0. The summed E-state index contributed by atoms with van der Waals surface area (Å²) < 4.78 is 11.9. The number of ether oxygens (including phenoxy) is 2. The van der Waals surface area contributed by atoms with Gasteiger partial charge in [0.1, 0.15) is 6.29 Å². The minimum atomic E-state index is -0.329. The fraction of sp³-hybridized carbons (Fsp3) is 0.933. The second-order valence-corrected chi connectivity index (χ2v) is 5.99. The van der Waals surface area contributed by atoms with Gasteiger partial charge in [0.25, 0.3) is 0 Å². The van der Waals surface area contributed by atoms with Crippen molar-refractivity contribution >= 4 is 22.2 Å². The van der Waals surface area contributed by atoms with Crippen molar-refractivity contribution in [2.75, 3.05) is 18.5 Å². The maximum atomic E-state index is 10.7. The highest BCUT2D eigenvalue weighted by Gasteiger charge is 2.29. The summed E-state index contributed by atoms with van der Waals surface area (Å²) in [5.41, 5.74) is -0.423. The number of hydrogen-bond donors (Lipinski definition) is 0. The monoisotopic (exact) mass is 336 g/mol. The molecule has 19 heavy (non-hydrogen) atoms. The van der Waals surface area contributed by atoms with Crippen LogP contribution in [-0.4, -0.2) is 36.0 Å². The average Bonchev–Trinajstić information content (AvgIpc) is 2.43. The Bertz CT molecular complexity index is 242. The van der Waals surface area contributed by atoms with Crippen molar-refractivity contribution in [1.29, 1.82) is 0 Å². The molecule has 114 valence electrons. The molecule has 1 unspecified atom stereocenters. The summed E-state index contributed by atoms with van der Waals surface area (Å²) in [6.45, 7) is 9.73. The number of rotatable bonds is 12. The zero-order chi connectivity index (χ0) is 14.8. The predicted molar refractivity (Wildman–Crippen MR) is 83.0 cm³/mol. The van der Waals surface area contributed by atoms with Gasteiger partial charge in [-0.1, -0.05) is 36.7 Å². The quantitative estimate of drug-likeness (QED) is 0.397. The van der Waals surface area contributed by atoms with Gasteiger partial charge in [0.2, 0.25) is 0 Å². The van der Waals surface area contributed by atoms with Crippen LogP contribution in [0.4, 0.5) is 0 Å². The molecule has 0 spiro atoms. The van der Waals surface area contributed by atoms with Crippen LogP contribution >= 0.6 is 15.9 Å². The molecule has 3 nitrogen and oxygen atoms in total. The van der Waals surface area contributed by atoms with Gasteiger partial charge in [-0.3, -0.25) is 0 Å². The zero-order valence-corrected chi connectivity index (χ0v) is 14.4. The van der Waals surface area contributed by atoms with Gasteiger partial charge < -0.3 is 14.3 Å². The molecule has 0 rings (SSSR count). The topological polar surface area (TPSA) is 35.5 Å². The summed E-state index contributed by atoms with van der Waals surface area (Å²) in [5.74, 6) is 0. The molecular weight excluding hydrogens is 308 g/mol.